The molecule has 31 heavy (non-hydrogen) atoms. The molecule has 1 amide bonds. The van der Waals surface area contributed by atoms with E-state index in [-0.39, 0.29) is 24.0 Å². The number of benzene rings is 2. The first-order chi connectivity index (χ1) is 15.0. The SMILES string of the molecule is O=C(C1CCN(S(=O)(=O)c2ccc3ccccc3c2)CC1)N1CCO[C@@H]2CCCC[C@H]21. The number of hydrogen-bond donors (Lipinski definition) is 0. The van der Waals surface area contributed by atoms with Crippen LogP contribution in [0.5, 0.6) is 0 Å². The highest BCUT2D eigenvalue weighted by Crippen LogP contribution is 2.32. The Kier molecular flexibility index (Phi) is 5.75. The first-order valence-corrected chi connectivity index (χ1v) is 12.9. The molecule has 5 rings (SSSR count). The lowest BCUT2D eigenvalue weighted by Crippen LogP contribution is -2.57. The Bertz CT molecular complexity index is 1060. The van der Waals surface area contributed by atoms with E-state index in [1.54, 1.807) is 16.4 Å². The van der Waals surface area contributed by atoms with Crippen LogP contribution >= 0.6 is 0 Å². The number of morpholine rings is 1. The predicted octanol–water partition coefficient (Wildman–Crippen LogP) is 3.41. The number of carbonyl (C=O) groups excluding carboxylic acids is 1. The molecule has 2 saturated heterocycles. The minimum atomic E-state index is -3.56. The lowest BCUT2D eigenvalue weighted by atomic mass is 9.88. The number of amides is 1. The van der Waals surface area contributed by atoms with Crippen LogP contribution in [0.25, 0.3) is 10.8 Å². The molecular formula is C24H30N2O4S. The summed E-state index contributed by atoms with van der Waals surface area (Å²) in [7, 11) is -3.56. The average molecular weight is 443 g/mol. The molecule has 3 aliphatic rings. The summed E-state index contributed by atoms with van der Waals surface area (Å²) < 4.78 is 33.9. The van der Waals surface area contributed by atoms with Crippen molar-refractivity contribution in [2.75, 3.05) is 26.2 Å². The number of rotatable bonds is 3. The molecule has 7 heteroatoms. The van der Waals surface area contributed by atoms with E-state index in [9.17, 15) is 13.2 Å². The number of hydrogen-bond acceptors (Lipinski definition) is 4. The second kappa shape index (κ2) is 8.52. The van der Waals surface area contributed by atoms with E-state index in [0.717, 1.165) is 30.0 Å². The quantitative estimate of drug-likeness (QED) is 0.731. The van der Waals surface area contributed by atoms with Crippen LogP contribution in [0, 0.1) is 5.92 Å². The maximum absolute atomic E-state index is 13.3. The van der Waals surface area contributed by atoms with Crippen molar-refractivity contribution in [3.63, 3.8) is 0 Å². The highest BCUT2D eigenvalue weighted by Gasteiger charge is 2.40. The predicted molar refractivity (Wildman–Crippen MR) is 119 cm³/mol. The lowest BCUT2D eigenvalue weighted by Gasteiger charge is -2.45. The fourth-order valence-electron chi connectivity index (χ4n) is 5.42. The van der Waals surface area contributed by atoms with Crippen LogP contribution in [0.15, 0.2) is 47.4 Å². The van der Waals surface area contributed by atoms with Gasteiger partial charge in [0.2, 0.25) is 15.9 Å². The van der Waals surface area contributed by atoms with Gasteiger partial charge < -0.3 is 9.64 Å². The summed E-state index contributed by atoms with van der Waals surface area (Å²) in [6.45, 7) is 2.06. The largest absolute Gasteiger partial charge is 0.374 e. The zero-order valence-corrected chi connectivity index (χ0v) is 18.6. The third kappa shape index (κ3) is 3.99. The summed E-state index contributed by atoms with van der Waals surface area (Å²) in [6.07, 6.45) is 5.73. The van der Waals surface area contributed by atoms with Crippen LogP contribution in [0.3, 0.4) is 0 Å². The molecule has 0 aromatic heterocycles. The molecule has 0 unspecified atom stereocenters. The minimum absolute atomic E-state index is 0.0938. The molecule has 2 aromatic rings. The van der Waals surface area contributed by atoms with Gasteiger partial charge in [-0.1, -0.05) is 43.2 Å². The molecule has 0 bridgehead atoms. The molecule has 6 nitrogen and oxygen atoms in total. The van der Waals surface area contributed by atoms with Gasteiger partial charge in [0.05, 0.1) is 23.6 Å². The topological polar surface area (TPSA) is 66.9 Å². The van der Waals surface area contributed by atoms with Gasteiger partial charge in [0, 0.05) is 25.6 Å². The van der Waals surface area contributed by atoms with Crippen LogP contribution in [0.4, 0.5) is 0 Å². The Morgan fingerprint density at radius 2 is 1.65 bits per heavy atom. The van der Waals surface area contributed by atoms with Crippen LogP contribution in [-0.4, -0.2) is 61.9 Å². The number of nitrogens with zero attached hydrogens (tertiary/aromatic N) is 2. The Balaban J connectivity index is 1.26. The summed E-state index contributed by atoms with van der Waals surface area (Å²) in [4.78, 5) is 15.7. The number of sulfonamides is 1. The molecule has 1 saturated carbocycles. The first kappa shape index (κ1) is 20.9. The third-order valence-corrected chi connectivity index (χ3v) is 9.07. The van der Waals surface area contributed by atoms with E-state index >= 15 is 0 Å². The van der Waals surface area contributed by atoms with Crippen LogP contribution in [0.1, 0.15) is 38.5 Å². The van der Waals surface area contributed by atoms with Gasteiger partial charge >= 0.3 is 0 Å². The summed E-state index contributed by atoms with van der Waals surface area (Å²) in [5, 5.41) is 1.94. The number of carbonyl (C=O) groups is 1. The van der Waals surface area contributed by atoms with E-state index < -0.39 is 10.0 Å². The fourth-order valence-corrected chi connectivity index (χ4v) is 6.93. The second-order valence-electron chi connectivity index (χ2n) is 8.98. The summed E-state index contributed by atoms with van der Waals surface area (Å²) in [6, 6.07) is 13.3. The van der Waals surface area contributed by atoms with Crippen molar-refractivity contribution >= 4 is 26.7 Å². The minimum Gasteiger partial charge on any atom is -0.374 e. The summed E-state index contributed by atoms with van der Waals surface area (Å²) >= 11 is 0. The van der Waals surface area contributed by atoms with Crippen molar-refractivity contribution < 1.29 is 17.9 Å². The van der Waals surface area contributed by atoms with Crippen molar-refractivity contribution in [1.82, 2.24) is 9.21 Å². The zero-order valence-electron chi connectivity index (χ0n) is 17.8. The molecule has 2 heterocycles. The van der Waals surface area contributed by atoms with Crippen molar-refractivity contribution in [3.8, 4) is 0 Å². The summed E-state index contributed by atoms with van der Waals surface area (Å²) in [5.41, 5.74) is 0. The van der Waals surface area contributed by atoms with Gasteiger partial charge in [-0.3, -0.25) is 4.79 Å². The molecule has 1 aliphatic carbocycles. The van der Waals surface area contributed by atoms with Crippen LogP contribution in [0.2, 0.25) is 0 Å². The van der Waals surface area contributed by atoms with E-state index in [1.165, 1.54) is 6.42 Å². The van der Waals surface area contributed by atoms with Crippen molar-refractivity contribution in [2.45, 2.75) is 55.6 Å². The zero-order chi connectivity index (χ0) is 21.4. The number of fused-ring (bicyclic) bond motifs is 2. The van der Waals surface area contributed by atoms with Gasteiger partial charge in [0.1, 0.15) is 0 Å². The van der Waals surface area contributed by atoms with Gasteiger partial charge in [0.15, 0.2) is 0 Å². The van der Waals surface area contributed by atoms with E-state index in [4.69, 9.17) is 4.74 Å². The molecule has 0 N–H and O–H groups in total. The second-order valence-corrected chi connectivity index (χ2v) is 10.9. The van der Waals surface area contributed by atoms with Crippen molar-refractivity contribution in [2.24, 2.45) is 5.92 Å². The van der Waals surface area contributed by atoms with E-state index in [1.807, 2.05) is 35.2 Å². The lowest BCUT2D eigenvalue weighted by molar-refractivity contribution is -0.154. The third-order valence-electron chi connectivity index (χ3n) is 7.18. The van der Waals surface area contributed by atoms with Gasteiger partial charge in [-0.15, -0.1) is 0 Å². The molecule has 0 radical (unpaired) electrons. The first-order valence-electron chi connectivity index (χ1n) is 11.4. The Hall–Kier alpha value is -1.96. The Labute approximate surface area is 184 Å². The maximum Gasteiger partial charge on any atom is 0.243 e. The van der Waals surface area contributed by atoms with E-state index in [2.05, 4.69) is 0 Å². The molecular weight excluding hydrogens is 412 g/mol. The molecule has 3 fully saturated rings. The molecule has 2 aliphatic heterocycles. The van der Waals surface area contributed by atoms with Gasteiger partial charge in [-0.2, -0.15) is 4.31 Å². The van der Waals surface area contributed by atoms with Crippen molar-refractivity contribution in [3.05, 3.63) is 42.5 Å². The molecule has 2 atom stereocenters. The molecule has 166 valence electrons. The fraction of sp³-hybridized carbons (Fsp3) is 0.542. The van der Waals surface area contributed by atoms with Gasteiger partial charge in [-0.25, -0.2) is 8.42 Å². The standard InChI is InChI=1S/C24H30N2O4S/c27-24(26-15-16-30-23-8-4-3-7-22(23)26)19-11-13-25(14-12-19)31(28,29)21-10-9-18-5-1-2-6-20(18)17-21/h1-2,5-6,9-10,17,19,22-23H,3-4,7-8,11-16H2/t22-,23-/m1/s1. The number of ether oxygens (including phenoxy) is 1. The Morgan fingerprint density at radius 3 is 2.45 bits per heavy atom. The van der Waals surface area contributed by atoms with Gasteiger partial charge in [0.25, 0.3) is 0 Å². The smallest absolute Gasteiger partial charge is 0.243 e. The van der Waals surface area contributed by atoms with Gasteiger partial charge in [-0.05, 0) is 48.6 Å². The average Bonchev–Trinajstić information content (AvgIpc) is 2.83. The molecule has 0 spiro atoms. The monoisotopic (exact) mass is 442 g/mol. The van der Waals surface area contributed by atoms with E-state index in [0.29, 0.717) is 44.0 Å². The highest BCUT2D eigenvalue weighted by molar-refractivity contribution is 7.89. The van der Waals surface area contributed by atoms with Crippen molar-refractivity contribution in [1.29, 1.82) is 0 Å². The maximum atomic E-state index is 13.3. The normalized spacial score (nSPS) is 26.0. The van der Waals surface area contributed by atoms with Crippen LogP contribution in [-0.2, 0) is 19.6 Å². The summed E-state index contributed by atoms with van der Waals surface area (Å²) in [5.74, 6) is 0.103. The van der Waals surface area contributed by atoms with Crippen LogP contribution < -0.4 is 0 Å². The number of piperidine rings is 1. The molecule has 2 aromatic carbocycles. The highest BCUT2D eigenvalue weighted by atomic mass is 32.2. The Morgan fingerprint density at radius 1 is 0.903 bits per heavy atom.